The Hall–Kier alpha value is -1.88. The molecule has 0 fully saturated rings. The summed E-state index contributed by atoms with van der Waals surface area (Å²) in [5.74, 6) is 1.33. The lowest BCUT2D eigenvalue weighted by atomic mass is 10.2. The van der Waals surface area contributed by atoms with Crippen molar-refractivity contribution in [3.8, 4) is 11.6 Å². The highest BCUT2D eigenvalue weighted by Gasteiger charge is 2.06. The van der Waals surface area contributed by atoms with Crippen molar-refractivity contribution in [3.05, 3.63) is 35.8 Å². The zero-order chi connectivity index (χ0) is 13.8. The SMILES string of the molecule is Cc1cc(CNC(C)C)cnc1Oc1cnn(C)c1. The van der Waals surface area contributed by atoms with Crippen LogP contribution in [0, 0.1) is 6.92 Å². The molecule has 0 aliphatic heterocycles. The van der Waals surface area contributed by atoms with Crippen molar-refractivity contribution in [2.24, 2.45) is 7.05 Å². The molecule has 0 unspecified atom stereocenters. The molecule has 102 valence electrons. The molecular weight excluding hydrogens is 240 g/mol. The number of aromatic nitrogens is 3. The van der Waals surface area contributed by atoms with Gasteiger partial charge >= 0.3 is 0 Å². The summed E-state index contributed by atoms with van der Waals surface area (Å²) in [4.78, 5) is 4.36. The molecule has 0 aliphatic rings. The molecule has 2 aromatic heterocycles. The predicted octanol–water partition coefficient (Wildman–Crippen LogP) is 2.41. The van der Waals surface area contributed by atoms with E-state index in [0.717, 1.165) is 17.7 Å². The van der Waals surface area contributed by atoms with Gasteiger partial charge in [-0.15, -0.1) is 0 Å². The zero-order valence-electron chi connectivity index (χ0n) is 11.8. The Morgan fingerprint density at radius 1 is 1.37 bits per heavy atom. The second-order valence-corrected chi connectivity index (χ2v) is 4.95. The minimum Gasteiger partial charge on any atom is -0.435 e. The molecule has 0 radical (unpaired) electrons. The van der Waals surface area contributed by atoms with Gasteiger partial charge < -0.3 is 10.1 Å². The molecule has 5 heteroatoms. The minimum atomic E-state index is 0.464. The number of hydrogen-bond acceptors (Lipinski definition) is 4. The van der Waals surface area contributed by atoms with Crippen LogP contribution in [0.1, 0.15) is 25.0 Å². The third-order valence-corrected chi connectivity index (χ3v) is 2.70. The molecule has 0 aliphatic carbocycles. The first-order chi connectivity index (χ1) is 9.04. The normalized spacial score (nSPS) is 11.0. The molecule has 2 rings (SSSR count). The second-order valence-electron chi connectivity index (χ2n) is 4.95. The van der Waals surface area contributed by atoms with E-state index in [0.29, 0.717) is 17.7 Å². The minimum absolute atomic E-state index is 0.464. The lowest BCUT2D eigenvalue weighted by Crippen LogP contribution is -2.21. The van der Waals surface area contributed by atoms with Gasteiger partial charge in [-0.25, -0.2) is 4.98 Å². The molecule has 2 heterocycles. The number of nitrogens with one attached hydrogen (secondary N) is 1. The van der Waals surface area contributed by atoms with Gasteiger partial charge in [-0.05, 0) is 18.6 Å². The number of ether oxygens (including phenoxy) is 1. The molecule has 0 atom stereocenters. The monoisotopic (exact) mass is 260 g/mol. The van der Waals surface area contributed by atoms with E-state index in [1.807, 2.05) is 26.4 Å². The zero-order valence-corrected chi connectivity index (χ0v) is 11.8. The lowest BCUT2D eigenvalue weighted by Gasteiger charge is -2.10. The summed E-state index contributed by atoms with van der Waals surface area (Å²) in [7, 11) is 1.85. The standard InChI is InChI=1S/C14H20N4O/c1-10(2)15-6-12-5-11(3)14(16-7-12)19-13-8-17-18(4)9-13/h5,7-10,15H,6H2,1-4H3. The van der Waals surface area contributed by atoms with Gasteiger partial charge in [0.2, 0.25) is 5.88 Å². The molecule has 5 nitrogen and oxygen atoms in total. The Bertz CT molecular complexity index is 548. The first kappa shape index (κ1) is 13.5. The fourth-order valence-electron chi connectivity index (χ4n) is 1.71. The molecule has 0 saturated carbocycles. The Labute approximate surface area is 113 Å². The quantitative estimate of drug-likeness (QED) is 0.897. The average molecular weight is 260 g/mol. The second kappa shape index (κ2) is 5.84. The maximum atomic E-state index is 5.70. The van der Waals surface area contributed by atoms with Crippen LogP contribution < -0.4 is 10.1 Å². The maximum absolute atomic E-state index is 5.70. The summed E-state index contributed by atoms with van der Waals surface area (Å²) in [6, 6.07) is 2.56. The van der Waals surface area contributed by atoms with Crippen LogP contribution in [-0.2, 0) is 13.6 Å². The summed E-state index contributed by atoms with van der Waals surface area (Å²) in [5.41, 5.74) is 2.18. The van der Waals surface area contributed by atoms with Crippen LogP contribution in [0.15, 0.2) is 24.7 Å². The van der Waals surface area contributed by atoms with E-state index in [2.05, 4.69) is 35.3 Å². The molecule has 2 aromatic rings. The van der Waals surface area contributed by atoms with E-state index >= 15 is 0 Å². The largest absolute Gasteiger partial charge is 0.435 e. The van der Waals surface area contributed by atoms with Crippen molar-refractivity contribution in [3.63, 3.8) is 0 Å². The van der Waals surface area contributed by atoms with Crippen molar-refractivity contribution >= 4 is 0 Å². The molecule has 0 bridgehead atoms. The van der Waals surface area contributed by atoms with Crippen LogP contribution >= 0.6 is 0 Å². The van der Waals surface area contributed by atoms with Crippen LogP contribution in [0.2, 0.25) is 0 Å². The fourth-order valence-corrected chi connectivity index (χ4v) is 1.71. The van der Waals surface area contributed by atoms with E-state index in [1.165, 1.54) is 0 Å². The maximum Gasteiger partial charge on any atom is 0.222 e. The molecule has 1 N–H and O–H groups in total. The van der Waals surface area contributed by atoms with Gasteiger partial charge in [0.1, 0.15) is 0 Å². The van der Waals surface area contributed by atoms with E-state index in [4.69, 9.17) is 4.74 Å². The number of hydrogen-bond donors (Lipinski definition) is 1. The van der Waals surface area contributed by atoms with E-state index in [-0.39, 0.29) is 0 Å². The Morgan fingerprint density at radius 3 is 2.74 bits per heavy atom. The van der Waals surface area contributed by atoms with Gasteiger partial charge in [-0.1, -0.05) is 13.8 Å². The van der Waals surface area contributed by atoms with Crippen LogP contribution in [-0.4, -0.2) is 20.8 Å². The molecular formula is C14H20N4O. The molecule has 19 heavy (non-hydrogen) atoms. The van der Waals surface area contributed by atoms with E-state index in [9.17, 15) is 0 Å². The highest BCUT2D eigenvalue weighted by atomic mass is 16.5. The van der Waals surface area contributed by atoms with Crippen molar-refractivity contribution in [2.45, 2.75) is 33.4 Å². The summed E-state index contributed by atoms with van der Waals surface area (Å²) >= 11 is 0. The van der Waals surface area contributed by atoms with Gasteiger partial charge in [-0.2, -0.15) is 5.10 Å². The average Bonchev–Trinajstić information content (AvgIpc) is 2.75. The first-order valence-electron chi connectivity index (χ1n) is 6.40. The van der Waals surface area contributed by atoms with Crippen molar-refractivity contribution < 1.29 is 4.74 Å². The van der Waals surface area contributed by atoms with E-state index in [1.54, 1.807) is 10.9 Å². The smallest absolute Gasteiger partial charge is 0.222 e. The van der Waals surface area contributed by atoms with Crippen LogP contribution in [0.5, 0.6) is 11.6 Å². The van der Waals surface area contributed by atoms with Gasteiger partial charge in [-0.3, -0.25) is 4.68 Å². The third-order valence-electron chi connectivity index (χ3n) is 2.70. The highest BCUT2D eigenvalue weighted by molar-refractivity contribution is 5.32. The van der Waals surface area contributed by atoms with Crippen molar-refractivity contribution in [2.75, 3.05) is 0 Å². The van der Waals surface area contributed by atoms with Gasteiger partial charge in [0.05, 0.1) is 12.4 Å². The van der Waals surface area contributed by atoms with Crippen LogP contribution in [0.4, 0.5) is 0 Å². The fraction of sp³-hybridized carbons (Fsp3) is 0.429. The van der Waals surface area contributed by atoms with Gasteiger partial charge in [0, 0.05) is 31.4 Å². The summed E-state index contributed by atoms with van der Waals surface area (Å²) < 4.78 is 7.40. The Morgan fingerprint density at radius 2 is 2.16 bits per heavy atom. The van der Waals surface area contributed by atoms with Crippen LogP contribution in [0.25, 0.3) is 0 Å². The Balaban J connectivity index is 2.06. The molecule has 0 spiro atoms. The summed E-state index contributed by atoms with van der Waals surface area (Å²) in [5, 5.41) is 7.43. The molecule has 0 aromatic carbocycles. The number of aryl methyl sites for hydroxylation is 2. The molecule has 0 saturated heterocycles. The van der Waals surface area contributed by atoms with Gasteiger partial charge in [0.25, 0.3) is 0 Å². The Kier molecular flexibility index (Phi) is 4.16. The topological polar surface area (TPSA) is 52.0 Å². The third kappa shape index (κ3) is 3.79. The number of pyridine rings is 1. The van der Waals surface area contributed by atoms with Crippen molar-refractivity contribution in [1.82, 2.24) is 20.1 Å². The van der Waals surface area contributed by atoms with Crippen molar-refractivity contribution in [1.29, 1.82) is 0 Å². The predicted molar refractivity (Wildman–Crippen MR) is 74.2 cm³/mol. The number of rotatable bonds is 5. The van der Waals surface area contributed by atoms with Crippen LogP contribution in [0.3, 0.4) is 0 Å². The van der Waals surface area contributed by atoms with E-state index < -0.39 is 0 Å². The summed E-state index contributed by atoms with van der Waals surface area (Å²) in [6.45, 7) is 7.07. The molecule has 0 amide bonds. The lowest BCUT2D eigenvalue weighted by molar-refractivity contribution is 0.457. The highest BCUT2D eigenvalue weighted by Crippen LogP contribution is 2.22. The number of nitrogens with zero attached hydrogens (tertiary/aromatic N) is 3. The van der Waals surface area contributed by atoms with Gasteiger partial charge in [0.15, 0.2) is 5.75 Å². The summed E-state index contributed by atoms with van der Waals surface area (Å²) in [6.07, 6.45) is 5.33. The first-order valence-corrected chi connectivity index (χ1v) is 6.40.